The molecule has 1 aliphatic carbocycles. The van der Waals surface area contributed by atoms with Gasteiger partial charge in [-0.25, -0.2) is 0 Å². The molecule has 1 aromatic rings. The molecule has 0 radical (unpaired) electrons. The SMILES string of the molecule is Cc1ccc(OCC2CCC3(CCCC3)O2)c(B(O)O)c1. The molecule has 1 aliphatic heterocycles. The number of benzene rings is 1. The molecule has 1 heterocycles. The fourth-order valence-corrected chi connectivity index (χ4v) is 3.58. The van der Waals surface area contributed by atoms with Crippen molar-refractivity contribution in [1.29, 1.82) is 0 Å². The molecule has 21 heavy (non-hydrogen) atoms. The van der Waals surface area contributed by atoms with Crippen LogP contribution >= 0.6 is 0 Å². The van der Waals surface area contributed by atoms with Gasteiger partial charge in [0.2, 0.25) is 0 Å². The van der Waals surface area contributed by atoms with E-state index in [0.717, 1.165) is 18.4 Å². The molecule has 114 valence electrons. The average Bonchev–Trinajstić information content (AvgIpc) is 3.08. The first-order valence-electron chi connectivity index (χ1n) is 7.85. The van der Waals surface area contributed by atoms with Crippen LogP contribution in [0.1, 0.15) is 44.1 Å². The molecule has 1 unspecified atom stereocenters. The van der Waals surface area contributed by atoms with Gasteiger partial charge >= 0.3 is 7.12 Å². The fourth-order valence-electron chi connectivity index (χ4n) is 3.58. The van der Waals surface area contributed by atoms with Gasteiger partial charge in [0, 0.05) is 5.46 Å². The normalized spacial score (nSPS) is 23.7. The minimum Gasteiger partial charge on any atom is -0.491 e. The molecule has 1 aromatic carbocycles. The van der Waals surface area contributed by atoms with Gasteiger partial charge in [-0.1, -0.05) is 30.5 Å². The summed E-state index contributed by atoms with van der Waals surface area (Å²) in [7, 11) is -1.51. The minimum atomic E-state index is -1.51. The summed E-state index contributed by atoms with van der Waals surface area (Å²) in [6.45, 7) is 2.39. The Morgan fingerprint density at radius 2 is 2.05 bits per heavy atom. The van der Waals surface area contributed by atoms with Crippen molar-refractivity contribution in [3.05, 3.63) is 23.8 Å². The third-order valence-electron chi connectivity index (χ3n) is 4.72. The number of hydrogen-bond acceptors (Lipinski definition) is 4. The Labute approximate surface area is 126 Å². The predicted octanol–water partition coefficient (Wildman–Crippen LogP) is 1.55. The van der Waals surface area contributed by atoms with Gasteiger partial charge in [0.1, 0.15) is 12.4 Å². The summed E-state index contributed by atoms with van der Waals surface area (Å²) in [6, 6.07) is 5.45. The van der Waals surface area contributed by atoms with E-state index in [1.165, 1.54) is 25.7 Å². The van der Waals surface area contributed by atoms with Crippen molar-refractivity contribution < 1.29 is 19.5 Å². The molecule has 2 N–H and O–H groups in total. The third-order valence-corrected chi connectivity index (χ3v) is 4.72. The van der Waals surface area contributed by atoms with E-state index in [1.54, 1.807) is 12.1 Å². The molecule has 5 heteroatoms. The van der Waals surface area contributed by atoms with Gasteiger partial charge in [0.25, 0.3) is 0 Å². The van der Waals surface area contributed by atoms with E-state index in [0.29, 0.717) is 17.8 Å². The molecule has 1 saturated carbocycles. The van der Waals surface area contributed by atoms with Crippen LogP contribution < -0.4 is 10.2 Å². The van der Waals surface area contributed by atoms with Crippen molar-refractivity contribution in [2.75, 3.05) is 6.61 Å². The topological polar surface area (TPSA) is 58.9 Å². The summed E-state index contributed by atoms with van der Waals surface area (Å²) in [6.07, 6.45) is 7.17. The van der Waals surface area contributed by atoms with Crippen molar-refractivity contribution >= 4 is 12.6 Å². The molecule has 1 spiro atoms. The Balaban J connectivity index is 1.61. The van der Waals surface area contributed by atoms with Crippen LogP contribution in [0.25, 0.3) is 0 Å². The molecule has 0 aromatic heterocycles. The summed E-state index contributed by atoms with van der Waals surface area (Å²) in [5, 5.41) is 18.9. The Hall–Kier alpha value is -1.04. The van der Waals surface area contributed by atoms with Gasteiger partial charge in [-0.15, -0.1) is 0 Å². The van der Waals surface area contributed by atoms with Crippen LogP contribution in [-0.2, 0) is 4.74 Å². The molecule has 0 amide bonds. The highest BCUT2D eigenvalue weighted by Crippen LogP contribution is 2.43. The highest BCUT2D eigenvalue weighted by Gasteiger charge is 2.42. The lowest BCUT2D eigenvalue weighted by atomic mass is 9.79. The first kappa shape index (κ1) is 14.9. The number of rotatable bonds is 4. The van der Waals surface area contributed by atoms with Crippen LogP contribution in [-0.4, -0.2) is 35.5 Å². The molecule has 4 nitrogen and oxygen atoms in total. The monoisotopic (exact) mass is 290 g/mol. The van der Waals surface area contributed by atoms with Crippen LogP contribution in [0, 0.1) is 6.92 Å². The van der Waals surface area contributed by atoms with Gasteiger partial charge < -0.3 is 19.5 Å². The highest BCUT2D eigenvalue weighted by atomic mass is 16.6. The van der Waals surface area contributed by atoms with Crippen molar-refractivity contribution in [2.24, 2.45) is 0 Å². The number of ether oxygens (including phenoxy) is 2. The van der Waals surface area contributed by atoms with E-state index in [-0.39, 0.29) is 11.7 Å². The molecular weight excluding hydrogens is 267 g/mol. The average molecular weight is 290 g/mol. The molecule has 1 atom stereocenters. The van der Waals surface area contributed by atoms with Crippen LogP contribution in [0.5, 0.6) is 5.75 Å². The van der Waals surface area contributed by atoms with Gasteiger partial charge in [0.15, 0.2) is 0 Å². The zero-order valence-corrected chi connectivity index (χ0v) is 12.5. The Morgan fingerprint density at radius 1 is 1.29 bits per heavy atom. The van der Waals surface area contributed by atoms with Crippen molar-refractivity contribution in [3.63, 3.8) is 0 Å². The molecule has 0 bridgehead atoms. The lowest BCUT2D eigenvalue weighted by Crippen LogP contribution is -2.33. The largest absolute Gasteiger partial charge is 0.492 e. The van der Waals surface area contributed by atoms with Gasteiger partial charge in [-0.2, -0.15) is 0 Å². The number of hydrogen-bond donors (Lipinski definition) is 2. The van der Waals surface area contributed by atoms with E-state index in [4.69, 9.17) is 9.47 Å². The molecule has 2 fully saturated rings. The molecule has 3 rings (SSSR count). The minimum absolute atomic E-state index is 0.112. The summed E-state index contributed by atoms with van der Waals surface area (Å²) in [4.78, 5) is 0. The number of aryl methyl sites for hydroxylation is 1. The van der Waals surface area contributed by atoms with E-state index in [9.17, 15) is 10.0 Å². The van der Waals surface area contributed by atoms with Gasteiger partial charge in [0.05, 0.1) is 11.7 Å². The Kier molecular flexibility index (Phi) is 4.25. The smallest absolute Gasteiger partial charge is 0.491 e. The van der Waals surface area contributed by atoms with Crippen molar-refractivity contribution in [1.82, 2.24) is 0 Å². The van der Waals surface area contributed by atoms with Gasteiger partial charge in [-0.3, -0.25) is 0 Å². The second-order valence-electron chi connectivity index (χ2n) is 6.39. The van der Waals surface area contributed by atoms with E-state index in [2.05, 4.69) is 0 Å². The molecular formula is C16H23BO4. The second-order valence-corrected chi connectivity index (χ2v) is 6.39. The van der Waals surface area contributed by atoms with Crippen molar-refractivity contribution in [2.45, 2.75) is 57.2 Å². The first-order chi connectivity index (χ1) is 10.1. The molecule has 2 aliphatic rings. The maximum atomic E-state index is 9.43. The van der Waals surface area contributed by atoms with E-state index < -0.39 is 7.12 Å². The summed E-state index contributed by atoms with van der Waals surface area (Å²) in [5.41, 5.74) is 1.51. The summed E-state index contributed by atoms with van der Waals surface area (Å²) < 4.78 is 12.0. The molecule has 1 saturated heterocycles. The van der Waals surface area contributed by atoms with E-state index >= 15 is 0 Å². The van der Waals surface area contributed by atoms with E-state index in [1.807, 2.05) is 13.0 Å². The lowest BCUT2D eigenvalue weighted by Gasteiger charge is -2.24. The highest BCUT2D eigenvalue weighted by molar-refractivity contribution is 6.59. The Morgan fingerprint density at radius 3 is 2.76 bits per heavy atom. The summed E-state index contributed by atoms with van der Waals surface area (Å²) >= 11 is 0. The van der Waals surface area contributed by atoms with Crippen LogP contribution in [0.15, 0.2) is 18.2 Å². The predicted molar refractivity (Wildman–Crippen MR) is 81.8 cm³/mol. The third kappa shape index (κ3) is 3.25. The standard InChI is InChI=1S/C16H23BO4/c1-12-4-5-15(14(10-12)17(18)19)20-11-13-6-9-16(21-13)7-2-3-8-16/h4-5,10,13,18-19H,2-3,6-9,11H2,1H3. The Bertz CT molecular complexity index is 497. The quantitative estimate of drug-likeness (QED) is 0.826. The fraction of sp³-hybridized carbons (Fsp3) is 0.625. The first-order valence-corrected chi connectivity index (χ1v) is 7.85. The van der Waals surface area contributed by atoms with Crippen molar-refractivity contribution in [3.8, 4) is 5.75 Å². The second kappa shape index (κ2) is 5.99. The van der Waals surface area contributed by atoms with Gasteiger partial charge in [-0.05, 0) is 38.7 Å². The summed E-state index contributed by atoms with van der Waals surface area (Å²) in [5.74, 6) is 0.534. The van der Waals surface area contributed by atoms with Crippen LogP contribution in [0.3, 0.4) is 0 Å². The maximum absolute atomic E-state index is 9.43. The zero-order valence-electron chi connectivity index (χ0n) is 12.5. The van der Waals surface area contributed by atoms with Crippen LogP contribution in [0.2, 0.25) is 0 Å². The zero-order chi connectivity index (χ0) is 14.9. The van der Waals surface area contributed by atoms with Crippen LogP contribution in [0.4, 0.5) is 0 Å². The lowest BCUT2D eigenvalue weighted by molar-refractivity contribution is -0.0508. The maximum Gasteiger partial charge on any atom is 0.492 e.